The van der Waals surface area contributed by atoms with E-state index < -0.39 is 11.4 Å². The van der Waals surface area contributed by atoms with Crippen LogP contribution >= 0.6 is 12.4 Å². The molecule has 0 radical (unpaired) electrons. The summed E-state index contributed by atoms with van der Waals surface area (Å²) in [5, 5.41) is 2.80. The van der Waals surface area contributed by atoms with Crippen molar-refractivity contribution in [3.05, 3.63) is 23.7 Å². The SMILES string of the molecule is CCC(CC)(CN)C(=O)NCc1ccc(C(=O)OC)o1.Cl. The second-order valence-electron chi connectivity index (χ2n) is 4.63. The second kappa shape index (κ2) is 8.69. The number of hydrogen-bond donors (Lipinski definition) is 2. The minimum Gasteiger partial charge on any atom is -0.463 e. The van der Waals surface area contributed by atoms with Crippen molar-refractivity contribution in [2.75, 3.05) is 13.7 Å². The maximum absolute atomic E-state index is 12.2. The largest absolute Gasteiger partial charge is 0.463 e. The molecular weight excluding hydrogens is 296 g/mol. The lowest BCUT2D eigenvalue weighted by atomic mass is 9.81. The predicted molar refractivity (Wildman–Crippen MR) is 81.2 cm³/mol. The van der Waals surface area contributed by atoms with Gasteiger partial charge >= 0.3 is 5.97 Å². The number of ether oxygens (including phenoxy) is 1. The third-order valence-electron chi connectivity index (χ3n) is 3.70. The normalized spacial score (nSPS) is 10.7. The molecule has 0 atom stereocenters. The van der Waals surface area contributed by atoms with E-state index in [9.17, 15) is 9.59 Å². The van der Waals surface area contributed by atoms with Gasteiger partial charge in [-0.15, -0.1) is 12.4 Å². The molecule has 3 N–H and O–H groups in total. The zero-order valence-corrected chi connectivity index (χ0v) is 13.4. The summed E-state index contributed by atoms with van der Waals surface area (Å²) in [5.41, 5.74) is 5.17. The van der Waals surface area contributed by atoms with Crippen LogP contribution in [0.15, 0.2) is 16.5 Å². The Morgan fingerprint density at radius 2 is 1.95 bits per heavy atom. The van der Waals surface area contributed by atoms with Gasteiger partial charge in [0.1, 0.15) is 5.76 Å². The third kappa shape index (κ3) is 4.47. The minimum absolute atomic E-state index is 0. The van der Waals surface area contributed by atoms with Crippen LogP contribution in [0.1, 0.15) is 43.0 Å². The van der Waals surface area contributed by atoms with E-state index in [1.54, 1.807) is 6.07 Å². The summed E-state index contributed by atoms with van der Waals surface area (Å²) in [4.78, 5) is 23.4. The number of halogens is 1. The van der Waals surface area contributed by atoms with Crippen molar-refractivity contribution in [1.29, 1.82) is 0 Å². The highest BCUT2D eigenvalue weighted by Gasteiger charge is 2.33. The fourth-order valence-electron chi connectivity index (χ4n) is 1.99. The third-order valence-corrected chi connectivity index (χ3v) is 3.70. The molecule has 120 valence electrons. The Bertz CT molecular complexity index is 461. The van der Waals surface area contributed by atoms with Crippen LogP contribution in [-0.4, -0.2) is 25.5 Å². The molecule has 0 aliphatic rings. The van der Waals surface area contributed by atoms with Crippen molar-refractivity contribution in [3.63, 3.8) is 0 Å². The van der Waals surface area contributed by atoms with Crippen LogP contribution in [0.4, 0.5) is 0 Å². The summed E-state index contributed by atoms with van der Waals surface area (Å²) in [6.45, 7) is 4.41. The Labute approximate surface area is 130 Å². The van der Waals surface area contributed by atoms with E-state index in [4.69, 9.17) is 10.2 Å². The molecule has 1 aromatic rings. The maximum Gasteiger partial charge on any atom is 0.373 e. The number of carbonyl (C=O) groups is 2. The number of nitrogens with two attached hydrogens (primary N) is 1. The summed E-state index contributed by atoms with van der Waals surface area (Å²) in [6, 6.07) is 3.15. The van der Waals surface area contributed by atoms with Crippen molar-refractivity contribution >= 4 is 24.3 Å². The van der Waals surface area contributed by atoms with E-state index in [1.807, 2.05) is 13.8 Å². The topological polar surface area (TPSA) is 94.6 Å². The number of nitrogens with one attached hydrogen (secondary N) is 1. The molecule has 0 saturated heterocycles. The highest BCUT2D eigenvalue weighted by molar-refractivity contribution is 5.86. The van der Waals surface area contributed by atoms with Crippen LogP contribution in [0.25, 0.3) is 0 Å². The Morgan fingerprint density at radius 3 is 2.43 bits per heavy atom. The summed E-state index contributed by atoms with van der Waals surface area (Å²) in [7, 11) is 1.28. The average molecular weight is 319 g/mol. The molecule has 0 aliphatic carbocycles. The van der Waals surface area contributed by atoms with Crippen LogP contribution in [0.5, 0.6) is 0 Å². The molecule has 7 heteroatoms. The van der Waals surface area contributed by atoms with Gasteiger partial charge in [0.15, 0.2) is 0 Å². The molecular formula is C14H23ClN2O4. The van der Waals surface area contributed by atoms with Crippen molar-refractivity contribution in [1.82, 2.24) is 5.32 Å². The summed E-state index contributed by atoms with van der Waals surface area (Å²) < 4.78 is 9.82. The lowest BCUT2D eigenvalue weighted by Gasteiger charge is -2.28. The molecule has 1 aromatic heterocycles. The molecule has 0 saturated carbocycles. The Morgan fingerprint density at radius 1 is 1.33 bits per heavy atom. The first-order chi connectivity index (χ1) is 9.52. The van der Waals surface area contributed by atoms with Gasteiger partial charge in [-0.1, -0.05) is 13.8 Å². The second-order valence-corrected chi connectivity index (χ2v) is 4.63. The first-order valence-corrected chi connectivity index (χ1v) is 6.68. The van der Waals surface area contributed by atoms with Crippen molar-refractivity contribution in [2.24, 2.45) is 11.1 Å². The van der Waals surface area contributed by atoms with Gasteiger partial charge in [0.25, 0.3) is 0 Å². The minimum atomic E-state index is -0.544. The highest BCUT2D eigenvalue weighted by atomic mass is 35.5. The van der Waals surface area contributed by atoms with E-state index in [0.29, 0.717) is 25.1 Å². The zero-order valence-electron chi connectivity index (χ0n) is 12.6. The fraction of sp³-hybridized carbons (Fsp3) is 0.571. The van der Waals surface area contributed by atoms with Crippen LogP contribution in [0, 0.1) is 5.41 Å². The van der Waals surface area contributed by atoms with Gasteiger partial charge in [-0.25, -0.2) is 4.79 Å². The molecule has 1 rings (SSSR count). The van der Waals surface area contributed by atoms with E-state index in [2.05, 4.69) is 10.1 Å². The predicted octanol–water partition coefficient (Wildman–Crippen LogP) is 1.87. The molecule has 6 nitrogen and oxygen atoms in total. The van der Waals surface area contributed by atoms with Gasteiger partial charge in [-0.3, -0.25) is 4.79 Å². The smallest absolute Gasteiger partial charge is 0.373 e. The number of furan rings is 1. The van der Waals surface area contributed by atoms with E-state index in [0.717, 1.165) is 0 Å². The number of carbonyl (C=O) groups excluding carboxylic acids is 2. The van der Waals surface area contributed by atoms with Crippen LogP contribution in [-0.2, 0) is 16.1 Å². The maximum atomic E-state index is 12.2. The summed E-state index contributed by atoms with van der Waals surface area (Å²) >= 11 is 0. The van der Waals surface area contributed by atoms with Crippen molar-refractivity contribution < 1.29 is 18.7 Å². The quantitative estimate of drug-likeness (QED) is 0.748. The van der Waals surface area contributed by atoms with E-state index in [-0.39, 0.29) is 30.6 Å². The first-order valence-electron chi connectivity index (χ1n) is 6.68. The summed E-state index contributed by atoms with van der Waals surface area (Å²) in [5.74, 6) is -0.0216. The van der Waals surface area contributed by atoms with Crippen molar-refractivity contribution in [3.8, 4) is 0 Å². The van der Waals surface area contributed by atoms with Gasteiger partial charge < -0.3 is 20.2 Å². The van der Waals surface area contributed by atoms with Gasteiger partial charge in [0.2, 0.25) is 11.7 Å². The van der Waals surface area contributed by atoms with Gasteiger partial charge in [0.05, 0.1) is 19.1 Å². The van der Waals surface area contributed by atoms with Gasteiger partial charge in [0, 0.05) is 6.54 Å². The molecule has 0 unspecified atom stereocenters. The molecule has 0 aliphatic heterocycles. The molecule has 0 spiro atoms. The monoisotopic (exact) mass is 318 g/mol. The fourth-order valence-corrected chi connectivity index (χ4v) is 1.99. The average Bonchev–Trinajstić information content (AvgIpc) is 2.95. The Balaban J connectivity index is 0.00000400. The van der Waals surface area contributed by atoms with Crippen molar-refractivity contribution in [2.45, 2.75) is 33.2 Å². The van der Waals surface area contributed by atoms with E-state index in [1.165, 1.54) is 13.2 Å². The van der Waals surface area contributed by atoms with Crippen LogP contribution in [0.3, 0.4) is 0 Å². The highest BCUT2D eigenvalue weighted by Crippen LogP contribution is 2.25. The Hall–Kier alpha value is -1.53. The number of methoxy groups -OCH3 is 1. The standard InChI is InChI=1S/C14H22N2O4.ClH/c1-4-14(5-2,9-15)13(18)16-8-10-6-7-11(20-10)12(17)19-3;/h6-7H,4-5,8-9,15H2,1-3H3,(H,16,18);1H. The van der Waals surface area contributed by atoms with Gasteiger partial charge in [-0.05, 0) is 25.0 Å². The number of rotatable bonds is 7. The molecule has 0 fully saturated rings. The summed E-state index contributed by atoms with van der Waals surface area (Å²) in [6.07, 6.45) is 1.36. The lowest BCUT2D eigenvalue weighted by molar-refractivity contribution is -0.131. The molecule has 21 heavy (non-hydrogen) atoms. The molecule has 1 heterocycles. The Kier molecular flexibility index (Phi) is 8.06. The first kappa shape index (κ1) is 19.5. The lowest BCUT2D eigenvalue weighted by Crippen LogP contribution is -2.44. The van der Waals surface area contributed by atoms with Gasteiger partial charge in [-0.2, -0.15) is 0 Å². The number of hydrogen-bond acceptors (Lipinski definition) is 5. The van der Waals surface area contributed by atoms with Crippen LogP contribution in [0.2, 0.25) is 0 Å². The number of esters is 1. The molecule has 0 aromatic carbocycles. The zero-order chi connectivity index (χ0) is 15.2. The molecule has 0 bridgehead atoms. The molecule has 1 amide bonds. The van der Waals surface area contributed by atoms with E-state index >= 15 is 0 Å². The van der Waals surface area contributed by atoms with Crippen LogP contribution < -0.4 is 11.1 Å². The number of amides is 1.